The van der Waals surface area contributed by atoms with Gasteiger partial charge in [0.1, 0.15) is 5.60 Å². The van der Waals surface area contributed by atoms with Gasteiger partial charge in [-0.2, -0.15) is 0 Å². The molecule has 0 atom stereocenters. The number of carbonyl (C=O) groups excluding carboxylic acids is 2. The van der Waals surface area contributed by atoms with Gasteiger partial charge < -0.3 is 20.1 Å². The number of amides is 2. The zero-order chi connectivity index (χ0) is 24.5. The Morgan fingerprint density at radius 1 is 1.24 bits per heavy atom. The summed E-state index contributed by atoms with van der Waals surface area (Å²) in [6.07, 6.45) is -0.784. The van der Waals surface area contributed by atoms with Crippen molar-refractivity contribution in [2.45, 2.75) is 52.8 Å². The average Bonchev–Trinajstić information content (AvgIpc) is 2.98. The van der Waals surface area contributed by atoms with Gasteiger partial charge in [0.05, 0.1) is 24.2 Å². The molecular formula is C23H25Cl2N3O5. The van der Waals surface area contributed by atoms with Crippen LogP contribution in [0.15, 0.2) is 18.2 Å². The van der Waals surface area contributed by atoms with Crippen LogP contribution in [0.4, 0.5) is 4.79 Å². The summed E-state index contributed by atoms with van der Waals surface area (Å²) in [7, 11) is 0. The Balaban J connectivity index is 2.08. The fourth-order valence-corrected chi connectivity index (χ4v) is 4.15. The van der Waals surface area contributed by atoms with E-state index in [4.69, 9.17) is 33.0 Å². The van der Waals surface area contributed by atoms with E-state index in [1.165, 1.54) is 4.90 Å². The van der Waals surface area contributed by atoms with Crippen LogP contribution in [-0.4, -0.2) is 45.1 Å². The van der Waals surface area contributed by atoms with Gasteiger partial charge in [0.25, 0.3) is 5.91 Å². The molecule has 33 heavy (non-hydrogen) atoms. The lowest BCUT2D eigenvalue weighted by atomic mass is 9.92. The van der Waals surface area contributed by atoms with Crippen LogP contribution in [0.1, 0.15) is 54.5 Å². The molecule has 0 aliphatic carbocycles. The molecule has 2 amide bonds. The van der Waals surface area contributed by atoms with E-state index >= 15 is 0 Å². The van der Waals surface area contributed by atoms with Crippen LogP contribution in [0.25, 0.3) is 11.1 Å². The third kappa shape index (κ3) is 5.75. The van der Waals surface area contributed by atoms with Crippen LogP contribution >= 0.6 is 23.2 Å². The molecule has 0 saturated carbocycles. The molecule has 0 saturated heterocycles. The van der Waals surface area contributed by atoms with Crippen molar-refractivity contribution in [2.24, 2.45) is 0 Å². The molecule has 1 aliphatic rings. The molecular weight excluding hydrogens is 469 g/mol. The summed E-state index contributed by atoms with van der Waals surface area (Å²) in [6, 6.07) is 4.95. The zero-order valence-electron chi connectivity index (χ0n) is 18.8. The fraction of sp³-hybridized carbons (Fsp3) is 0.391. The second-order valence-electron chi connectivity index (χ2n) is 8.72. The number of hydrogen-bond donors (Lipinski definition) is 2. The second-order valence-corrected chi connectivity index (χ2v) is 9.57. The number of benzene rings is 1. The number of halogens is 2. The lowest BCUT2D eigenvalue weighted by Gasteiger charge is -2.21. The van der Waals surface area contributed by atoms with E-state index < -0.39 is 17.7 Å². The summed E-state index contributed by atoms with van der Waals surface area (Å²) in [5, 5.41) is 12.5. The summed E-state index contributed by atoms with van der Waals surface area (Å²) in [6.45, 7) is 7.37. The molecule has 2 heterocycles. The number of aromatic nitrogens is 1. The first-order chi connectivity index (χ1) is 15.4. The highest BCUT2D eigenvalue weighted by Gasteiger charge is 2.34. The van der Waals surface area contributed by atoms with E-state index in [0.29, 0.717) is 43.7 Å². The minimum absolute atomic E-state index is 0.0533. The Morgan fingerprint density at radius 2 is 1.94 bits per heavy atom. The highest BCUT2D eigenvalue weighted by atomic mass is 35.5. The number of carbonyl (C=O) groups is 3. The maximum absolute atomic E-state index is 13.3. The van der Waals surface area contributed by atoms with Crippen molar-refractivity contribution < 1.29 is 24.2 Å². The second kappa shape index (κ2) is 9.57. The quantitative estimate of drug-likeness (QED) is 0.596. The first-order valence-electron chi connectivity index (χ1n) is 10.3. The van der Waals surface area contributed by atoms with Gasteiger partial charge in [-0.05, 0) is 39.8 Å². The average molecular weight is 494 g/mol. The smallest absolute Gasteiger partial charge is 0.407 e. The van der Waals surface area contributed by atoms with Crippen molar-refractivity contribution in [3.8, 4) is 11.1 Å². The topological polar surface area (TPSA) is 109 Å². The number of nitrogens with one attached hydrogen (secondary N) is 1. The summed E-state index contributed by atoms with van der Waals surface area (Å²) in [5.41, 5.74) is 2.53. The van der Waals surface area contributed by atoms with Crippen LogP contribution in [0.3, 0.4) is 0 Å². The number of carboxylic acid groups (broad SMARTS) is 1. The lowest BCUT2D eigenvalue weighted by molar-refractivity contribution is -0.137. The van der Waals surface area contributed by atoms with Gasteiger partial charge in [0.2, 0.25) is 0 Å². The van der Waals surface area contributed by atoms with Crippen LogP contribution in [0, 0.1) is 6.92 Å². The lowest BCUT2D eigenvalue weighted by Crippen LogP contribution is -2.32. The Bertz CT molecular complexity index is 1130. The normalized spacial score (nSPS) is 13.2. The Hall–Kier alpha value is -2.84. The van der Waals surface area contributed by atoms with Crippen molar-refractivity contribution in [3.05, 3.63) is 50.8 Å². The number of aryl methyl sites for hydroxylation is 1. The van der Waals surface area contributed by atoms with Crippen molar-refractivity contribution in [1.29, 1.82) is 0 Å². The highest BCUT2D eigenvalue weighted by Crippen LogP contribution is 2.40. The Morgan fingerprint density at radius 3 is 2.55 bits per heavy atom. The molecule has 0 spiro atoms. The summed E-state index contributed by atoms with van der Waals surface area (Å²) in [4.78, 5) is 42.6. The van der Waals surface area contributed by atoms with Crippen LogP contribution < -0.4 is 5.32 Å². The summed E-state index contributed by atoms with van der Waals surface area (Å²) >= 11 is 12.6. The zero-order valence-corrected chi connectivity index (χ0v) is 20.3. The van der Waals surface area contributed by atoms with Crippen molar-refractivity contribution in [2.75, 3.05) is 6.54 Å². The molecule has 0 radical (unpaired) electrons. The number of rotatable bonds is 6. The molecule has 0 fully saturated rings. The number of alkyl carbamates (subject to hydrolysis) is 1. The molecule has 1 aromatic carbocycles. The van der Waals surface area contributed by atoms with Crippen LogP contribution in [0.5, 0.6) is 0 Å². The maximum Gasteiger partial charge on any atom is 0.407 e. The maximum atomic E-state index is 13.3. The van der Waals surface area contributed by atoms with Crippen molar-refractivity contribution >= 4 is 41.2 Å². The number of nitrogens with zero attached hydrogens (tertiary/aromatic N) is 2. The van der Waals surface area contributed by atoms with Crippen molar-refractivity contribution in [1.82, 2.24) is 15.2 Å². The number of pyridine rings is 1. The van der Waals surface area contributed by atoms with Gasteiger partial charge in [-0.25, -0.2) is 4.79 Å². The van der Waals surface area contributed by atoms with Crippen LogP contribution in [0.2, 0.25) is 10.0 Å². The number of fused-ring (bicyclic) bond motifs is 1. The highest BCUT2D eigenvalue weighted by molar-refractivity contribution is 6.36. The number of hydrogen-bond acceptors (Lipinski definition) is 5. The molecule has 10 heteroatoms. The predicted molar refractivity (Wildman–Crippen MR) is 124 cm³/mol. The molecule has 2 N–H and O–H groups in total. The van der Waals surface area contributed by atoms with Gasteiger partial charge in [0, 0.05) is 45.5 Å². The molecule has 176 valence electrons. The predicted octanol–water partition coefficient (Wildman–Crippen LogP) is 4.82. The molecule has 1 aromatic heterocycles. The van der Waals surface area contributed by atoms with Crippen molar-refractivity contribution in [3.63, 3.8) is 0 Å². The monoisotopic (exact) mass is 493 g/mol. The first-order valence-corrected chi connectivity index (χ1v) is 11.1. The molecule has 8 nitrogen and oxygen atoms in total. The fourth-order valence-electron chi connectivity index (χ4n) is 3.65. The standard InChI is InChI=1S/C23H25Cl2N3O5/c1-12-15(10-26-22(32)33-23(2,3)4)19(14-6-5-13(24)9-16(14)25)20-17(27-12)11-28(21(20)31)8-7-18(29)30/h5-6,9H,7-8,10-11H2,1-4H3,(H,26,32)(H,29,30). The largest absolute Gasteiger partial charge is 0.481 e. The van der Waals surface area contributed by atoms with Gasteiger partial charge in [-0.1, -0.05) is 29.3 Å². The van der Waals surface area contributed by atoms with Gasteiger partial charge in [-0.3, -0.25) is 14.6 Å². The minimum atomic E-state index is -0.994. The van der Waals surface area contributed by atoms with E-state index in [1.54, 1.807) is 45.9 Å². The summed E-state index contributed by atoms with van der Waals surface area (Å²) in [5.74, 6) is -1.33. The molecule has 0 bridgehead atoms. The number of aliphatic carboxylic acids is 1. The number of carboxylic acids is 1. The molecule has 0 unspecified atom stereocenters. The van der Waals surface area contributed by atoms with E-state index in [-0.39, 0.29) is 32.0 Å². The van der Waals surface area contributed by atoms with Gasteiger partial charge in [0.15, 0.2) is 0 Å². The van der Waals surface area contributed by atoms with E-state index in [2.05, 4.69) is 10.3 Å². The number of ether oxygens (including phenoxy) is 1. The Labute approximate surface area is 201 Å². The first kappa shape index (κ1) is 24.8. The molecule has 3 rings (SSSR count). The van der Waals surface area contributed by atoms with Crippen LogP contribution in [-0.2, 0) is 22.6 Å². The van der Waals surface area contributed by atoms with Gasteiger partial charge in [-0.15, -0.1) is 0 Å². The molecule has 1 aliphatic heterocycles. The van der Waals surface area contributed by atoms with Gasteiger partial charge >= 0.3 is 12.1 Å². The summed E-state index contributed by atoms with van der Waals surface area (Å²) < 4.78 is 5.32. The van der Waals surface area contributed by atoms with E-state index in [1.807, 2.05) is 0 Å². The molecule has 2 aromatic rings. The Kier molecular flexibility index (Phi) is 7.19. The third-order valence-corrected chi connectivity index (χ3v) is 5.57. The minimum Gasteiger partial charge on any atom is -0.481 e. The third-order valence-electron chi connectivity index (χ3n) is 5.03. The van der Waals surface area contributed by atoms with E-state index in [0.717, 1.165) is 0 Å². The SMILES string of the molecule is Cc1nc2c(c(-c3ccc(Cl)cc3Cl)c1CNC(=O)OC(C)(C)C)C(=O)N(CCC(=O)O)C2. The van der Waals surface area contributed by atoms with E-state index in [9.17, 15) is 14.4 Å².